The fourth-order valence-electron chi connectivity index (χ4n) is 1.47. The molecule has 2 N–H and O–H groups in total. The van der Waals surface area contributed by atoms with E-state index >= 15 is 0 Å². The first-order valence-electron chi connectivity index (χ1n) is 5.31. The molecule has 0 saturated heterocycles. The third kappa shape index (κ3) is 2.60. The largest absolute Gasteiger partial charge is 0.436 e. The van der Waals surface area contributed by atoms with Gasteiger partial charge in [0.1, 0.15) is 0 Å². The highest BCUT2D eigenvalue weighted by molar-refractivity contribution is 5.34. The number of ether oxygens (including phenoxy) is 1. The summed E-state index contributed by atoms with van der Waals surface area (Å²) in [5, 5.41) is 0. The van der Waals surface area contributed by atoms with Crippen molar-refractivity contribution >= 4 is 0 Å². The molecule has 0 fully saturated rings. The minimum absolute atomic E-state index is 0.146. The van der Waals surface area contributed by atoms with E-state index in [2.05, 4.69) is 4.98 Å². The molecule has 1 heterocycles. The Hall–Kier alpha value is -1.94. The van der Waals surface area contributed by atoms with E-state index in [-0.39, 0.29) is 11.8 Å². The number of hydrogen-bond donors (Lipinski definition) is 1. The van der Waals surface area contributed by atoms with Gasteiger partial charge in [0.15, 0.2) is 11.6 Å². The SMILES string of the molecule is C[C@H](N)c1cccnc1Oc1ccccc1F. The maximum atomic E-state index is 13.4. The molecule has 0 aliphatic carbocycles. The van der Waals surface area contributed by atoms with Crippen LogP contribution in [0.1, 0.15) is 18.5 Å². The first-order chi connectivity index (χ1) is 8.18. The zero-order valence-electron chi connectivity index (χ0n) is 9.43. The summed E-state index contributed by atoms with van der Waals surface area (Å²) in [6, 6.07) is 9.56. The monoisotopic (exact) mass is 232 g/mol. The first-order valence-corrected chi connectivity index (χ1v) is 5.31. The Labute approximate surface area is 99.1 Å². The fraction of sp³-hybridized carbons (Fsp3) is 0.154. The van der Waals surface area contributed by atoms with Crippen molar-refractivity contribution in [3.05, 3.63) is 54.0 Å². The summed E-state index contributed by atoms with van der Waals surface area (Å²) < 4.78 is 18.9. The summed E-state index contributed by atoms with van der Waals surface area (Å²) in [7, 11) is 0. The average molecular weight is 232 g/mol. The van der Waals surface area contributed by atoms with Crippen LogP contribution in [-0.2, 0) is 0 Å². The number of hydrogen-bond acceptors (Lipinski definition) is 3. The second kappa shape index (κ2) is 4.93. The van der Waals surface area contributed by atoms with Gasteiger partial charge in [0.25, 0.3) is 0 Å². The van der Waals surface area contributed by atoms with Crippen LogP contribution in [0.5, 0.6) is 11.6 Å². The van der Waals surface area contributed by atoms with E-state index in [0.29, 0.717) is 5.88 Å². The van der Waals surface area contributed by atoms with Crippen LogP contribution in [-0.4, -0.2) is 4.98 Å². The molecule has 2 aromatic rings. The van der Waals surface area contributed by atoms with E-state index in [9.17, 15) is 4.39 Å². The van der Waals surface area contributed by atoms with Gasteiger partial charge in [0, 0.05) is 17.8 Å². The van der Waals surface area contributed by atoms with Crippen molar-refractivity contribution in [1.29, 1.82) is 0 Å². The van der Waals surface area contributed by atoms with Crippen molar-refractivity contribution < 1.29 is 9.13 Å². The molecule has 0 unspecified atom stereocenters. The lowest BCUT2D eigenvalue weighted by Gasteiger charge is -2.12. The number of nitrogens with two attached hydrogens (primary N) is 1. The second-order valence-corrected chi connectivity index (χ2v) is 3.72. The number of halogens is 1. The van der Waals surface area contributed by atoms with Gasteiger partial charge in [-0.05, 0) is 25.1 Å². The van der Waals surface area contributed by atoms with Crippen molar-refractivity contribution in [2.45, 2.75) is 13.0 Å². The number of nitrogens with zero attached hydrogens (tertiary/aromatic N) is 1. The quantitative estimate of drug-likeness (QED) is 0.884. The van der Waals surface area contributed by atoms with Crippen LogP contribution in [0.3, 0.4) is 0 Å². The predicted octanol–water partition coefficient (Wildman–Crippen LogP) is 3.03. The number of para-hydroxylation sites is 1. The van der Waals surface area contributed by atoms with Crippen LogP contribution in [0.4, 0.5) is 4.39 Å². The van der Waals surface area contributed by atoms with E-state index in [1.165, 1.54) is 6.07 Å². The normalized spacial score (nSPS) is 12.2. The third-order valence-electron chi connectivity index (χ3n) is 2.33. The molecule has 0 amide bonds. The van der Waals surface area contributed by atoms with Crippen molar-refractivity contribution in [2.24, 2.45) is 5.73 Å². The lowest BCUT2D eigenvalue weighted by molar-refractivity contribution is 0.419. The lowest BCUT2D eigenvalue weighted by atomic mass is 10.1. The maximum Gasteiger partial charge on any atom is 0.224 e. The van der Waals surface area contributed by atoms with Gasteiger partial charge in [-0.3, -0.25) is 0 Å². The topological polar surface area (TPSA) is 48.1 Å². The molecule has 2 rings (SSSR count). The highest BCUT2D eigenvalue weighted by Crippen LogP contribution is 2.27. The molecule has 0 bridgehead atoms. The minimum atomic E-state index is -0.422. The van der Waals surface area contributed by atoms with Crippen molar-refractivity contribution in [1.82, 2.24) is 4.98 Å². The number of benzene rings is 1. The Morgan fingerprint density at radius 1 is 1.24 bits per heavy atom. The lowest BCUT2D eigenvalue weighted by Crippen LogP contribution is -2.07. The average Bonchev–Trinajstić information content (AvgIpc) is 2.32. The van der Waals surface area contributed by atoms with Gasteiger partial charge in [0.05, 0.1) is 0 Å². The Morgan fingerprint density at radius 3 is 2.71 bits per heavy atom. The highest BCUT2D eigenvalue weighted by atomic mass is 19.1. The van der Waals surface area contributed by atoms with Crippen molar-refractivity contribution in [2.75, 3.05) is 0 Å². The van der Waals surface area contributed by atoms with Gasteiger partial charge >= 0.3 is 0 Å². The van der Waals surface area contributed by atoms with E-state index in [4.69, 9.17) is 10.5 Å². The van der Waals surface area contributed by atoms with Crippen LogP contribution in [0.25, 0.3) is 0 Å². The first kappa shape index (κ1) is 11.5. The molecule has 0 aliphatic rings. The summed E-state index contributed by atoms with van der Waals surface area (Å²) >= 11 is 0. The molecule has 0 spiro atoms. The van der Waals surface area contributed by atoms with Gasteiger partial charge < -0.3 is 10.5 Å². The van der Waals surface area contributed by atoms with Gasteiger partial charge in [-0.1, -0.05) is 18.2 Å². The molecule has 0 aliphatic heterocycles. The molecule has 1 aromatic heterocycles. The summed E-state index contributed by atoms with van der Waals surface area (Å²) in [5.41, 5.74) is 6.54. The highest BCUT2D eigenvalue weighted by Gasteiger charge is 2.11. The van der Waals surface area contributed by atoms with E-state index < -0.39 is 5.82 Å². The third-order valence-corrected chi connectivity index (χ3v) is 2.33. The van der Waals surface area contributed by atoms with Crippen LogP contribution in [0.2, 0.25) is 0 Å². The van der Waals surface area contributed by atoms with Crippen LogP contribution < -0.4 is 10.5 Å². The molecule has 1 aromatic carbocycles. The number of pyridine rings is 1. The standard InChI is InChI=1S/C13H13FN2O/c1-9(15)10-5-4-8-16-13(10)17-12-7-3-2-6-11(12)14/h2-9H,15H2,1H3/t9-/m0/s1. The van der Waals surface area contributed by atoms with Crippen LogP contribution in [0.15, 0.2) is 42.6 Å². The van der Waals surface area contributed by atoms with Gasteiger partial charge in [-0.25, -0.2) is 9.37 Å². The maximum absolute atomic E-state index is 13.4. The van der Waals surface area contributed by atoms with Gasteiger partial charge in [0.2, 0.25) is 5.88 Å². The number of rotatable bonds is 3. The van der Waals surface area contributed by atoms with Crippen LogP contribution >= 0.6 is 0 Å². The van der Waals surface area contributed by atoms with Gasteiger partial charge in [-0.15, -0.1) is 0 Å². The Kier molecular flexibility index (Phi) is 3.35. The molecular weight excluding hydrogens is 219 g/mol. The summed E-state index contributed by atoms with van der Waals surface area (Å²) in [5.74, 6) is 0.0643. The Morgan fingerprint density at radius 2 is 2.00 bits per heavy atom. The molecule has 0 radical (unpaired) electrons. The summed E-state index contributed by atoms with van der Waals surface area (Å²) in [6.07, 6.45) is 1.59. The Balaban J connectivity index is 2.34. The fourth-order valence-corrected chi connectivity index (χ4v) is 1.47. The molecule has 4 heteroatoms. The molecule has 1 atom stereocenters. The van der Waals surface area contributed by atoms with Crippen LogP contribution in [0, 0.1) is 5.82 Å². The number of aromatic nitrogens is 1. The smallest absolute Gasteiger partial charge is 0.224 e. The van der Waals surface area contributed by atoms with E-state index in [1.54, 1.807) is 30.5 Å². The minimum Gasteiger partial charge on any atom is -0.436 e. The van der Waals surface area contributed by atoms with E-state index in [0.717, 1.165) is 5.56 Å². The molecular formula is C13H13FN2O. The predicted molar refractivity (Wildman–Crippen MR) is 63.3 cm³/mol. The molecule has 3 nitrogen and oxygen atoms in total. The van der Waals surface area contributed by atoms with Gasteiger partial charge in [-0.2, -0.15) is 0 Å². The molecule has 88 valence electrons. The zero-order chi connectivity index (χ0) is 12.3. The summed E-state index contributed by atoms with van der Waals surface area (Å²) in [4.78, 5) is 4.07. The van der Waals surface area contributed by atoms with E-state index in [1.807, 2.05) is 13.0 Å². The second-order valence-electron chi connectivity index (χ2n) is 3.72. The molecule has 0 saturated carbocycles. The van der Waals surface area contributed by atoms with Crippen molar-refractivity contribution in [3.63, 3.8) is 0 Å². The molecule has 17 heavy (non-hydrogen) atoms. The summed E-state index contributed by atoms with van der Waals surface area (Å²) in [6.45, 7) is 1.82. The Bertz CT molecular complexity index is 514. The van der Waals surface area contributed by atoms with Crippen molar-refractivity contribution in [3.8, 4) is 11.6 Å². The zero-order valence-corrected chi connectivity index (χ0v) is 9.43.